The molecule has 1 saturated heterocycles. The first kappa shape index (κ1) is 17.3. The van der Waals surface area contributed by atoms with Gasteiger partial charge in [-0.1, -0.05) is 12.1 Å². The minimum absolute atomic E-state index is 0. The van der Waals surface area contributed by atoms with Crippen molar-refractivity contribution >= 4 is 12.4 Å². The molecule has 0 radical (unpaired) electrons. The van der Waals surface area contributed by atoms with Gasteiger partial charge in [-0.05, 0) is 63.5 Å². The number of rotatable bonds is 6. The zero-order chi connectivity index (χ0) is 13.5. The van der Waals surface area contributed by atoms with Crippen LogP contribution in [0, 0.1) is 5.92 Å². The van der Waals surface area contributed by atoms with Gasteiger partial charge >= 0.3 is 0 Å². The first-order valence-corrected chi connectivity index (χ1v) is 7.40. The summed E-state index contributed by atoms with van der Waals surface area (Å²) in [6.07, 6.45) is 2.67. The Labute approximate surface area is 129 Å². The molecule has 1 unspecified atom stereocenters. The van der Waals surface area contributed by atoms with Crippen LogP contribution in [0.5, 0.6) is 5.75 Å². The fourth-order valence-electron chi connectivity index (χ4n) is 2.91. The van der Waals surface area contributed by atoms with Crippen LogP contribution in [0.1, 0.15) is 25.3 Å². The number of hydrogen-bond acceptors (Lipinski definition) is 3. The summed E-state index contributed by atoms with van der Waals surface area (Å²) in [7, 11) is 2.05. The molecule has 1 aromatic carbocycles. The van der Waals surface area contributed by atoms with Crippen molar-refractivity contribution in [3.8, 4) is 5.75 Å². The smallest absolute Gasteiger partial charge is 0.119 e. The SMILES string of the molecule is CCOc1cccc(CN2CCCC(CNC)C2)c1.Cl. The van der Waals surface area contributed by atoms with E-state index < -0.39 is 0 Å². The molecule has 1 heterocycles. The number of nitrogens with one attached hydrogen (secondary N) is 1. The average molecular weight is 299 g/mol. The summed E-state index contributed by atoms with van der Waals surface area (Å²) in [5, 5.41) is 3.30. The third kappa shape index (κ3) is 5.31. The number of piperidine rings is 1. The molecule has 4 heteroatoms. The van der Waals surface area contributed by atoms with Crippen molar-refractivity contribution in [2.24, 2.45) is 5.92 Å². The van der Waals surface area contributed by atoms with Gasteiger partial charge in [-0.25, -0.2) is 0 Å². The molecule has 1 N–H and O–H groups in total. The van der Waals surface area contributed by atoms with E-state index >= 15 is 0 Å². The Kier molecular flexibility index (Phi) is 7.97. The normalized spacial score (nSPS) is 19.4. The molecule has 1 aliphatic rings. The first-order valence-electron chi connectivity index (χ1n) is 7.40. The summed E-state index contributed by atoms with van der Waals surface area (Å²) < 4.78 is 5.57. The maximum absolute atomic E-state index is 5.57. The summed E-state index contributed by atoms with van der Waals surface area (Å²) in [5.41, 5.74) is 1.36. The molecule has 1 aliphatic heterocycles. The second-order valence-corrected chi connectivity index (χ2v) is 5.38. The van der Waals surface area contributed by atoms with Crippen molar-refractivity contribution in [1.82, 2.24) is 10.2 Å². The van der Waals surface area contributed by atoms with Crippen LogP contribution in [-0.2, 0) is 6.54 Å². The summed E-state index contributed by atoms with van der Waals surface area (Å²) >= 11 is 0. The van der Waals surface area contributed by atoms with Crippen LogP contribution in [-0.4, -0.2) is 38.2 Å². The number of halogens is 1. The number of likely N-dealkylation sites (tertiary alicyclic amines) is 1. The Bertz CT molecular complexity index is 384. The molecular formula is C16H27ClN2O. The van der Waals surface area contributed by atoms with Gasteiger partial charge in [0.1, 0.15) is 5.75 Å². The van der Waals surface area contributed by atoms with E-state index in [0.29, 0.717) is 0 Å². The lowest BCUT2D eigenvalue weighted by Gasteiger charge is -2.32. The van der Waals surface area contributed by atoms with E-state index in [4.69, 9.17) is 4.74 Å². The van der Waals surface area contributed by atoms with Crippen LogP contribution in [0.2, 0.25) is 0 Å². The predicted octanol–water partition coefficient (Wildman–Crippen LogP) is 2.94. The van der Waals surface area contributed by atoms with E-state index in [-0.39, 0.29) is 12.4 Å². The van der Waals surface area contributed by atoms with Crippen LogP contribution in [0.4, 0.5) is 0 Å². The van der Waals surface area contributed by atoms with E-state index in [1.165, 1.54) is 31.5 Å². The largest absolute Gasteiger partial charge is 0.494 e. The Morgan fingerprint density at radius 3 is 3.00 bits per heavy atom. The Balaban J connectivity index is 0.00000200. The van der Waals surface area contributed by atoms with Crippen molar-refractivity contribution < 1.29 is 4.74 Å². The lowest BCUT2D eigenvalue weighted by Crippen LogP contribution is -2.38. The van der Waals surface area contributed by atoms with E-state index in [1.807, 2.05) is 20.0 Å². The van der Waals surface area contributed by atoms with Crippen molar-refractivity contribution in [3.05, 3.63) is 29.8 Å². The third-order valence-corrected chi connectivity index (χ3v) is 3.71. The predicted molar refractivity (Wildman–Crippen MR) is 86.8 cm³/mol. The Morgan fingerprint density at radius 1 is 1.40 bits per heavy atom. The molecule has 0 bridgehead atoms. The topological polar surface area (TPSA) is 24.5 Å². The third-order valence-electron chi connectivity index (χ3n) is 3.71. The van der Waals surface area contributed by atoms with Crippen LogP contribution < -0.4 is 10.1 Å². The molecule has 1 aromatic rings. The van der Waals surface area contributed by atoms with E-state index in [9.17, 15) is 0 Å². The van der Waals surface area contributed by atoms with Gasteiger partial charge in [0.25, 0.3) is 0 Å². The minimum atomic E-state index is 0. The molecule has 1 fully saturated rings. The van der Waals surface area contributed by atoms with Gasteiger partial charge in [0.05, 0.1) is 6.61 Å². The molecule has 114 valence electrons. The molecular weight excluding hydrogens is 272 g/mol. The van der Waals surface area contributed by atoms with Gasteiger partial charge in [0.15, 0.2) is 0 Å². The van der Waals surface area contributed by atoms with Crippen molar-refractivity contribution in [3.63, 3.8) is 0 Å². The maximum Gasteiger partial charge on any atom is 0.119 e. The van der Waals surface area contributed by atoms with Gasteiger partial charge in [0, 0.05) is 13.1 Å². The fraction of sp³-hybridized carbons (Fsp3) is 0.625. The molecule has 20 heavy (non-hydrogen) atoms. The lowest BCUT2D eigenvalue weighted by molar-refractivity contribution is 0.166. The van der Waals surface area contributed by atoms with Crippen molar-refractivity contribution in [2.75, 3.05) is 33.3 Å². The molecule has 3 nitrogen and oxygen atoms in total. The quantitative estimate of drug-likeness (QED) is 0.874. The summed E-state index contributed by atoms with van der Waals surface area (Å²) in [5.74, 6) is 1.79. The highest BCUT2D eigenvalue weighted by atomic mass is 35.5. The summed E-state index contributed by atoms with van der Waals surface area (Å²) in [6.45, 7) is 7.37. The minimum Gasteiger partial charge on any atom is -0.494 e. The Morgan fingerprint density at radius 2 is 2.25 bits per heavy atom. The van der Waals surface area contributed by atoms with Gasteiger partial charge in [-0.2, -0.15) is 0 Å². The zero-order valence-electron chi connectivity index (χ0n) is 12.6. The standard InChI is InChI=1S/C16H26N2O.ClH/c1-3-19-16-8-4-6-14(10-16)12-18-9-5-7-15(13-18)11-17-2;/h4,6,8,10,15,17H,3,5,7,9,11-13H2,1-2H3;1H. The highest BCUT2D eigenvalue weighted by Crippen LogP contribution is 2.20. The number of hydrogen-bond donors (Lipinski definition) is 1. The van der Waals surface area contributed by atoms with Crippen LogP contribution in [0.25, 0.3) is 0 Å². The van der Waals surface area contributed by atoms with Crippen LogP contribution in [0.15, 0.2) is 24.3 Å². The fourth-order valence-corrected chi connectivity index (χ4v) is 2.91. The number of benzene rings is 1. The second-order valence-electron chi connectivity index (χ2n) is 5.38. The monoisotopic (exact) mass is 298 g/mol. The molecule has 1 atom stereocenters. The van der Waals surface area contributed by atoms with Gasteiger partial charge < -0.3 is 10.1 Å². The molecule has 2 rings (SSSR count). The van der Waals surface area contributed by atoms with Gasteiger partial charge in [0.2, 0.25) is 0 Å². The van der Waals surface area contributed by atoms with E-state index in [1.54, 1.807) is 0 Å². The molecule has 0 amide bonds. The first-order chi connectivity index (χ1) is 9.31. The number of ether oxygens (including phenoxy) is 1. The van der Waals surface area contributed by atoms with Gasteiger partial charge in [-0.15, -0.1) is 12.4 Å². The van der Waals surface area contributed by atoms with Crippen molar-refractivity contribution in [1.29, 1.82) is 0 Å². The van der Waals surface area contributed by atoms with E-state index in [2.05, 4.69) is 28.4 Å². The van der Waals surface area contributed by atoms with Crippen LogP contribution >= 0.6 is 12.4 Å². The second kappa shape index (κ2) is 9.22. The highest BCUT2D eigenvalue weighted by molar-refractivity contribution is 5.85. The lowest BCUT2D eigenvalue weighted by atomic mass is 9.97. The summed E-state index contributed by atoms with van der Waals surface area (Å²) in [6, 6.07) is 8.50. The van der Waals surface area contributed by atoms with E-state index in [0.717, 1.165) is 31.4 Å². The highest BCUT2D eigenvalue weighted by Gasteiger charge is 2.19. The maximum atomic E-state index is 5.57. The molecule has 0 aromatic heterocycles. The number of nitrogens with zero attached hydrogens (tertiary/aromatic N) is 1. The zero-order valence-corrected chi connectivity index (χ0v) is 13.4. The van der Waals surface area contributed by atoms with Gasteiger partial charge in [-0.3, -0.25) is 4.90 Å². The molecule has 0 aliphatic carbocycles. The Hall–Kier alpha value is -0.770. The molecule has 0 saturated carbocycles. The average Bonchev–Trinajstić information content (AvgIpc) is 2.40. The van der Waals surface area contributed by atoms with Crippen molar-refractivity contribution in [2.45, 2.75) is 26.3 Å². The molecule has 0 spiro atoms. The van der Waals surface area contributed by atoms with Crippen LogP contribution in [0.3, 0.4) is 0 Å². The summed E-state index contributed by atoms with van der Waals surface area (Å²) in [4.78, 5) is 2.57.